The van der Waals surface area contributed by atoms with E-state index in [0.29, 0.717) is 0 Å². The van der Waals surface area contributed by atoms with Crippen LogP contribution in [-0.2, 0) is 5.41 Å². The van der Waals surface area contributed by atoms with Gasteiger partial charge in [0, 0.05) is 17.8 Å². The highest BCUT2D eigenvalue weighted by Gasteiger charge is 2.21. The van der Waals surface area contributed by atoms with Crippen molar-refractivity contribution in [2.24, 2.45) is 0 Å². The van der Waals surface area contributed by atoms with Crippen LogP contribution in [0.3, 0.4) is 0 Å². The first-order valence-electron chi connectivity index (χ1n) is 5.07. The first kappa shape index (κ1) is 9.25. The zero-order valence-electron chi connectivity index (χ0n) is 8.96. The molecule has 0 aliphatic rings. The third-order valence-corrected chi connectivity index (χ3v) is 3.10. The molecule has 0 saturated heterocycles. The van der Waals surface area contributed by atoms with Crippen molar-refractivity contribution in [3.8, 4) is 0 Å². The van der Waals surface area contributed by atoms with Gasteiger partial charge in [0.15, 0.2) is 0 Å². The second kappa shape index (κ2) is 3.12. The van der Waals surface area contributed by atoms with Crippen LogP contribution in [0.1, 0.15) is 32.8 Å². The van der Waals surface area contributed by atoms with Crippen LogP contribution in [0.2, 0.25) is 0 Å². The number of aromatic nitrogens is 2. The number of nitrogens with one attached hydrogen (secondary N) is 1. The highest BCUT2D eigenvalue weighted by molar-refractivity contribution is 5.83. The summed E-state index contributed by atoms with van der Waals surface area (Å²) in [5.74, 6) is 0. The van der Waals surface area contributed by atoms with Gasteiger partial charge in [-0.15, -0.1) is 0 Å². The molecule has 2 rings (SSSR count). The van der Waals surface area contributed by atoms with Gasteiger partial charge in [-0.05, 0) is 23.5 Å². The molecule has 2 heterocycles. The summed E-state index contributed by atoms with van der Waals surface area (Å²) in [6, 6.07) is 2.08. The lowest BCUT2D eigenvalue weighted by molar-refractivity contribution is 0.510. The zero-order chi connectivity index (χ0) is 10.2. The summed E-state index contributed by atoms with van der Waals surface area (Å²) in [6.07, 6.45) is 6.98. The quantitative estimate of drug-likeness (QED) is 0.770. The van der Waals surface area contributed by atoms with Crippen molar-refractivity contribution >= 4 is 10.9 Å². The van der Waals surface area contributed by atoms with E-state index in [1.165, 1.54) is 10.9 Å². The van der Waals surface area contributed by atoms with Gasteiger partial charge in [-0.25, -0.2) is 0 Å². The minimum absolute atomic E-state index is 0.236. The highest BCUT2D eigenvalue weighted by Crippen LogP contribution is 2.32. The van der Waals surface area contributed by atoms with Crippen LogP contribution in [-0.4, -0.2) is 9.97 Å². The summed E-state index contributed by atoms with van der Waals surface area (Å²) in [5.41, 5.74) is 2.75. The topological polar surface area (TPSA) is 28.7 Å². The Balaban J connectivity index is 2.64. The number of hydrogen-bond acceptors (Lipinski definition) is 1. The van der Waals surface area contributed by atoms with Crippen LogP contribution in [0.15, 0.2) is 24.7 Å². The predicted octanol–water partition coefficient (Wildman–Crippen LogP) is 3.25. The standard InChI is InChI=1S/C12H16N2/c1-4-12(2,3)10-7-14-11-8-13-6-5-9(10)11/h5-8,14H,4H2,1-3H3. The molecule has 0 amide bonds. The molecule has 0 radical (unpaired) electrons. The Bertz CT molecular complexity index is 440. The van der Waals surface area contributed by atoms with Crippen LogP contribution in [0.4, 0.5) is 0 Å². The van der Waals surface area contributed by atoms with Gasteiger partial charge < -0.3 is 4.98 Å². The highest BCUT2D eigenvalue weighted by atomic mass is 14.7. The molecule has 0 aliphatic heterocycles. The van der Waals surface area contributed by atoms with E-state index in [-0.39, 0.29) is 5.41 Å². The van der Waals surface area contributed by atoms with E-state index in [2.05, 4.69) is 43.0 Å². The maximum atomic E-state index is 4.10. The SMILES string of the molecule is CCC(C)(C)c1c[nH]c2cnccc12. The third kappa shape index (κ3) is 1.31. The van der Waals surface area contributed by atoms with Crippen LogP contribution in [0.25, 0.3) is 10.9 Å². The molecule has 0 unspecified atom stereocenters. The largest absolute Gasteiger partial charge is 0.360 e. The van der Waals surface area contributed by atoms with Gasteiger partial charge in [0.05, 0.1) is 11.7 Å². The lowest BCUT2D eigenvalue weighted by Crippen LogP contribution is -2.14. The molecule has 0 atom stereocenters. The normalized spacial score (nSPS) is 12.2. The van der Waals surface area contributed by atoms with E-state index in [0.717, 1.165) is 11.9 Å². The Hall–Kier alpha value is -1.31. The van der Waals surface area contributed by atoms with Crippen molar-refractivity contribution < 1.29 is 0 Å². The molecule has 1 N–H and O–H groups in total. The number of aromatic amines is 1. The second-order valence-electron chi connectivity index (χ2n) is 4.36. The van der Waals surface area contributed by atoms with Gasteiger partial charge in [-0.2, -0.15) is 0 Å². The number of fused-ring (bicyclic) bond motifs is 1. The first-order chi connectivity index (χ1) is 6.65. The fourth-order valence-electron chi connectivity index (χ4n) is 1.72. The molecule has 0 aliphatic carbocycles. The maximum absolute atomic E-state index is 4.10. The number of hydrogen-bond donors (Lipinski definition) is 1. The third-order valence-electron chi connectivity index (χ3n) is 3.10. The van der Waals surface area contributed by atoms with Gasteiger partial charge in [0.1, 0.15) is 0 Å². The fraction of sp³-hybridized carbons (Fsp3) is 0.417. The Morgan fingerprint density at radius 1 is 1.43 bits per heavy atom. The van der Waals surface area contributed by atoms with Crippen molar-refractivity contribution in [2.45, 2.75) is 32.6 Å². The number of pyridine rings is 1. The molecule has 0 bridgehead atoms. The molecular formula is C12H16N2. The van der Waals surface area contributed by atoms with Crippen molar-refractivity contribution in [2.75, 3.05) is 0 Å². The Kier molecular flexibility index (Phi) is 2.06. The Labute approximate surface area is 84.4 Å². The lowest BCUT2D eigenvalue weighted by Gasteiger charge is -2.21. The summed E-state index contributed by atoms with van der Waals surface area (Å²) >= 11 is 0. The average Bonchev–Trinajstić information content (AvgIpc) is 2.61. The van der Waals surface area contributed by atoms with Crippen LogP contribution in [0.5, 0.6) is 0 Å². The van der Waals surface area contributed by atoms with E-state index < -0.39 is 0 Å². The van der Waals surface area contributed by atoms with Gasteiger partial charge in [-0.3, -0.25) is 4.98 Å². The molecule has 74 valence electrons. The number of rotatable bonds is 2. The van der Waals surface area contributed by atoms with Crippen LogP contribution >= 0.6 is 0 Å². The van der Waals surface area contributed by atoms with Crippen LogP contribution < -0.4 is 0 Å². The fourth-order valence-corrected chi connectivity index (χ4v) is 1.72. The van der Waals surface area contributed by atoms with E-state index in [1.54, 1.807) is 0 Å². The van der Waals surface area contributed by atoms with Gasteiger partial charge in [0.25, 0.3) is 0 Å². The van der Waals surface area contributed by atoms with Crippen molar-refractivity contribution in [3.05, 3.63) is 30.2 Å². The Morgan fingerprint density at radius 3 is 2.93 bits per heavy atom. The summed E-state index contributed by atoms with van der Waals surface area (Å²) in [6.45, 7) is 6.77. The van der Waals surface area contributed by atoms with Gasteiger partial charge >= 0.3 is 0 Å². The molecule has 0 fully saturated rings. The van der Waals surface area contributed by atoms with E-state index in [1.807, 2.05) is 12.4 Å². The smallest absolute Gasteiger partial charge is 0.0643 e. The zero-order valence-corrected chi connectivity index (χ0v) is 8.96. The molecule has 2 nitrogen and oxygen atoms in total. The second-order valence-corrected chi connectivity index (χ2v) is 4.36. The molecule has 0 spiro atoms. The van der Waals surface area contributed by atoms with Crippen molar-refractivity contribution in [1.82, 2.24) is 9.97 Å². The summed E-state index contributed by atoms with van der Waals surface area (Å²) < 4.78 is 0. The monoisotopic (exact) mass is 188 g/mol. The molecule has 0 aromatic carbocycles. The summed E-state index contributed by atoms with van der Waals surface area (Å²) in [4.78, 5) is 7.37. The van der Waals surface area contributed by atoms with Gasteiger partial charge in [-0.1, -0.05) is 20.8 Å². The Morgan fingerprint density at radius 2 is 2.21 bits per heavy atom. The van der Waals surface area contributed by atoms with E-state index in [9.17, 15) is 0 Å². The summed E-state index contributed by atoms with van der Waals surface area (Å²) in [7, 11) is 0. The van der Waals surface area contributed by atoms with Crippen molar-refractivity contribution in [1.29, 1.82) is 0 Å². The molecular weight excluding hydrogens is 172 g/mol. The van der Waals surface area contributed by atoms with E-state index in [4.69, 9.17) is 0 Å². The molecule has 14 heavy (non-hydrogen) atoms. The molecule has 0 saturated carbocycles. The predicted molar refractivity (Wildman–Crippen MR) is 59.4 cm³/mol. The minimum Gasteiger partial charge on any atom is -0.360 e. The van der Waals surface area contributed by atoms with Crippen molar-refractivity contribution in [3.63, 3.8) is 0 Å². The minimum atomic E-state index is 0.236. The molecule has 2 heteroatoms. The maximum Gasteiger partial charge on any atom is 0.0643 e. The molecule has 2 aromatic rings. The average molecular weight is 188 g/mol. The van der Waals surface area contributed by atoms with E-state index >= 15 is 0 Å². The first-order valence-corrected chi connectivity index (χ1v) is 5.07. The van der Waals surface area contributed by atoms with Gasteiger partial charge in [0.2, 0.25) is 0 Å². The number of nitrogens with zero attached hydrogens (tertiary/aromatic N) is 1. The van der Waals surface area contributed by atoms with Crippen LogP contribution in [0, 0.1) is 0 Å². The summed E-state index contributed by atoms with van der Waals surface area (Å²) in [5, 5.41) is 1.30. The lowest BCUT2D eigenvalue weighted by atomic mass is 9.82. The molecule has 2 aromatic heterocycles. The number of H-pyrrole nitrogens is 1.